The molecule has 30 heavy (non-hydrogen) atoms. The zero-order chi connectivity index (χ0) is 21.3. The van der Waals surface area contributed by atoms with Gasteiger partial charge in [0, 0.05) is 44.7 Å². The fourth-order valence-electron chi connectivity index (χ4n) is 3.84. The zero-order valence-corrected chi connectivity index (χ0v) is 18.5. The second-order valence-electron chi connectivity index (χ2n) is 7.84. The second kappa shape index (κ2) is 11.1. The number of piperazine rings is 1. The minimum Gasteiger partial charge on any atom is -0.454 e. The number of rotatable bonds is 5. The molecule has 0 aliphatic carbocycles. The number of carbonyl (C=O) groups excluding carboxylic acids is 1. The van der Waals surface area contributed by atoms with Crippen LogP contribution in [0.3, 0.4) is 0 Å². The van der Waals surface area contributed by atoms with Crippen molar-refractivity contribution in [3.8, 4) is 0 Å². The maximum absolute atomic E-state index is 12.2. The van der Waals surface area contributed by atoms with Crippen molar-refractivity contribution in [2.75, 3.05) is 33.2 Å². The van der Waals surface area contributed by atoms with Crippen molar-refractivity contribution in [1.82, 2.24) is 9.80 Å². The van der Waals surface area contributed by atoms with Gasteiger partial charge in [-0.05, 0) is 30.2 Å². The molecule has 0 radical (unpaired) electrons. The summed E-state index contributed by atoms with van der Waals surface area (Å²) in [5, 5.41) is 0. The molecule has 160 valence electrons. The Morgan fingerprint density at radius 1 is 0.933 bits per heavy atom. The van der Waals surface area contributed by atoms with Crippen LogP contribution in [0.15, 0.2) is 66.2 Å². The highest BCUT2D eigenvalue weighted by Crippen LogP contribution is 2.33. The molecular formula is C26H34N2O2. The third-order valence-electron chi connectivity index (χ3n) is 5.70. The SMILES string of the molecule is CC.CN1CCN(Cc2ccc(C/C=C3/C[C@@H](c4ccccc4)OC3=O)cc2)CC1. The van der Waals surface area contributed by atoms with Gasteiger partial charge in [0.2, 0.25) is 0 Å². The second-order valence-corrected chi connectivity index (χ2v) is 7.84. The third-order valence-corrected chi connectivity index (χ3v) is 5.70. The number of esters is 1. The average Bonchev–Trinajstić information content (AvgIpc) is 3.17. The van der Waals surface area contributed by atoms with Gasteiger partial charge < -0.3 is 9.64 Å². The fraction of sp³-hybridized carbons (Fsp3) is 0.423. The predicted octanol–water partition coefficient (Wildman–Crippen LogP) is 4.62. The molecular weight excluding hydrogens is 372 g/mol. The van der Waals surface area contributed by atoms with Crippen molar-refractivity contribution in [1.29, 1.82) is 0 Å². The average molecular weight is 407 g/mol. The van der Waals surface area contributed by atoms with Gasteiger partial charge in [0.25, 0.3) is 0 Å². The number of hydrogen-bond donors (Lipinski definition) is 0. The van der Waals surface area contributed by atoms with Crippen molar-refractivity contribution in [3.05, 3.63) is 82.9 Å². The van der Waals surface area contributed by atoms with Crippen molar-refractivity contribution in [2.45, 2.75) is 39.3 Å². The molecule has 2 aromatic carbocycles. The Bertz CT molecular complexity index is 822. The van der Waals surface area contributed by atoms with Gasteiger partial charge in [-0.1, -0.05) is 74.5 Å². The molecule has 2 aliphatic rings. The minimum atomic E-state index is -0.180. The van der Waals surface area contributed by atoms with Crippen LogP contribution in [0.5, 0.6) is 0 Å². The summed E-state index contributed by atoms with van der Waals surface area (Å²) in [4.78, 5) is 17.1. The molecule has 0 unspecified atom stereocenters. The van der Waals surface area contributed by atoms with Gasteiger partial charge in [-0.15, -0.1) is 0 Å². The lowest BCUT2D eigenvalue weighted by Crippen LogP contribution is -2.43. The summed E-state index contributed by atoms with van der Waals surface area (Å²) in [6, 6.07) is 18.8. The molecule has 2 fully saturated rings. The topological polar surface area (TPSA) is 32.8 Å². The van der Waals surface area contributed by atoms with E-state index in [1.165, 1.54) is 11.1 Å². The van der Waals surface area contributed by atoms with Gasteiger partial charge in [-0.25, -0.2) is 4.79 Å². The molecule has 0 aromatic heterocycles. The molecule has 2 heterocycles. The Morgan fingerprint density at radius 2 is 1.57 bits per heavy atom. The lowest BCUT2D eigenvalue weighted by Gasteiger charge is -2.32. The zero-order valence-electron chi connectivity index (χ0n) is 18.5. The van der Waals surface area contributed by atoms with Crippen LogP contribution in [-0.4, -0.2) is 49.0 Å². The first-order valence-electron chi connectivity index (χ1n) is 11.1. The Balaban J connectivity index is 0.00000124. The molecule has 2 aliphatic heterocycles. The van der Waals surface area contributed by atoms with Crippen LogP contribution in [0.2, 0.25) is 0 Å². The van der Waals surface area contributed by atoms with Crippen molar-refractivity contribution < 1.29 is 9.53 Å². The van der Waals surface area contributed by atoms with E-state index in [2.05, 4.69) is 41.1 Å². The summed E-state index contributed by atoms with van der Waals surface area (Å²) in [7, 11) is 2.18. The predicted molar refractivity (Wildman–Crippen MR) is 122 cm³/mol. The van der Waals surface area contributed by atoms with Gasteiger partial charge in [0.1, 0.15) is 6.10 Å². The van der Waals surface area contributed by atoms with Crippen LogP contribution >= 0.6 is 0 Å². The van der Waals surface area contributed by atoms with E-state index in [1.54, 1.807) is 0 Å². The normalized spacial score (nSPS) is 21.2. The highest BCUT2D eigenvalue weighted by Gasteiger charge is 2.29. The summed E-state index contributed by atoms with van der Waals surface area (Å²) < 4.78 is 5.54. The van der Waals surface area contributed by atoms with Crippen LogP contribution in [-0.2, 0) is 22.5 Å². The molecule has 2 saturated heterocycles. The summed E-state index contributed by atoms with van der Waals surface area (Å²) in [5.74, 6) is -0.180. The summed E-state index contributed by atoms with van der Waals surface area (Å²) in [6.07, 6.45) is 3.30. The van der Waals surface area contributed by atoms with E-state index in [-0.39, 0.29) is 12.1 Å². The standard InChI is InChI=1S/C24H28N2O2.C2H6/c1-25-13-15-26(16-14-25)18-20-9-7-19(8-10-20)11-12-22-17-23(28-24(22)27)21-5-3-2-4-6-21;1-2/h2-10,12,23H,11,13-18H2,1H3;1-2H3/b22-12-;/t23-;/m0./s1. The van der Waals surface area contributed by atoms with Gasteiger partial charge >= 0.3 is 5.97 Å². The minimum absolute atomic E-state index is 0.147. The number of ether oxygens (including phenoxy) is 1. The number of allylic oxidation sites excluding steroid dienone is 1. The Kier molecular flexibility index (Phi) is 8.23. The van der Waals surface area contributed by atoms with Crippen LogP contribution in [0.4, 0.5) is 0 Å². The quantitative estimate of drug-likeness (QED) is 0.536. The van der Waals surface area contributed by atoms with Crippen LogP contribution in [0.1, 0.15) is 43.1 Å². The number of carbonyl (C=O) groups is 1. The van der Waals surface area contributed by atoms with E-state index in [0.29, 0.717) is 6.42 Å². The third kappa shape index (κ3) is 6.04. The van der Waals surface area contributed by atoms with Crippen LogP contribution < -0.4 is 0 Å². The summed E-state index contributed by atoms with van der Waals surface area (Å²) >= 11 is 0. The van der Waals surface area contributed by atoms with Gasteiger partial charge in [0.15, 0.2) is 0 Å². The van der Waals surface area contributed by atoms with E-state index in [9.17, 15) is 4.79 Å². The van der Waals surface area contributed by atoms with E-state index in [1.807, 2.05) is 50.3 Å². The summed E-state index contributed by atoms with van der Waals surface area (Å²) in [6.45, 7) is 9.57. The highest BCUT2D eigenvalue weighted by atomic mass is 16.5. The summed E-state index contributed by atoms with van der Waals surface area (Å²) in [5.41, 5.74) is 4.43. The van der Waals surface area contributed by atoms with Gasteiger partial charge in [-0.3, -0.25) is 4.90 Å². The number of hydrogen-bond acceptors (Lipinski definition) is 4. The van der Waals surface area contributed by atoms with Crippen molar-refractivity contribution >= 4 is 5.97 Å². The number of benzene rings is 2. The number of nitrogens with zero attached hydrogens (tertiary/aromatic N) is 2. The van der Waals surface area contributed by atoms with Crippen molar-refractivity contribution in [3.63, 3.8) is 0 Å². The Labute approximate surface area is 181 Å². The Hall–Kier alpha value is -2.43. The lowest BCUT2D eigenvalue weighted by atomic mass is 10.0. The molecule has 1 atom stereocenters. The molecule has 2 aromatic rings. The molecule has 0 N–H and O–H groups in total. The lowest BCUT2D eigenvalue weighted by molar-refractivity contribution is -0.139. The molecule has 0 saturated carbocycles. The molecule has 4 heteroatoms. The molecule has 4 rings (SSSR count). The van der Waals surface area contributed by atoms with E-state index < -0.39 is 0 Å². The van der Waals surface area contributed by atoms with Crippen LogP contribution in [0, 0.1) is 0 Å². The van der Waals surface area contributed by atoms with E-state index >= 15 is 0 Å². The first kappa shape index (κ1) is 22.3. The maximum atomic E-state index is 12.2. The van der Waals surface area contributed by atoms with E-state index in [0.717, 1.165) is 50.3 Å². The molecule has 4 nitrogen and oxygen atoms in total. The number of likely N-dealkylation sites (N-methyl/N-ethyl adjacent to an activating group) is 1. The van der Waals surface area contributed by atoms with Gasteiger partial charge in [0.05, 0.1) is 0 Å². The van der Waals surface area contributed by atoms with Gasteiger partial charge in [-0.2, -0.15) is 0 Å². The van der Waals surface area contributed by atoms with Crippen LogP contribution in [0.25, 0.3) is 0 Å². The molecule has 0 bridgehead atoms. The first-order chi connectivity index (χ1) is 14.7. The number of cyclic esters (lactones) is 1. The molecule has 0 spiro atoms. The van der Waals surface area contributed by atoms with Crippen molar-refractivity contribution in [2.24, 2.45) is 0 Å². The fourth-order valence-corrected chi connectivity index (χ4v) is 3.84. The maximum Gasteiger partial charge on any atom is 0.334 e. The van der Waals surface area contributed by atoms with E-state index in [4.69, 9.17) is 4.74 Å². The smallest absolute Gasteiger partial charge is 0.334 e. The highest BCUT2D eigenvalue weighted by molar-refractivity contribution is 5.90. The first-order valence-corrected chi connectivity index (χ1v) is 11.1. The monoisotopic (exact) mass is 406 g/mol. The molecule has 0 amide bonds. The Morgan fingerprint density at radius 3 is 2.23 bits per heavy atom. The largest absolute Gasteiger partial charge is 0.454 e.